The summed E-state index contributed by atoms with van der Waals surface area (Å²) in [7, 11) is 0. The lowest BCUT2D eigenvalue weighted by molar-refractivity contribution is 0.956. The zero-order chi connectivity index (χ0) is 13.9. The van der Waals surface area contributed by atoms with Gasteiger partial charge in [0.1, 0.15) is 0 Å². The van der Waals surface area contributed by atoms with Gasteiger partial charge in [-0.15, -0.1) is 10.2 Å². The summed E-state index contributed by atoms with van der Waals surface area (Å²) in [6.07, 6.45) is 2.01. The molecule has 0 saturated carbocycles. The average Bonchev–Trinajstić information content (AvgIpc) is 2.95. The third-order valence-corrected chi connectivity index (χ3v) is 5.98. The maximum absolute atomic E-state index is 5.81. The number of nitrogens with two attached hydrogens (primary N) is 1. The van der Waals surface area contributed by atoms with Crippen LogP contribution in [0.4, 0.5) is 0 Å². The van der Waals surface area contributed by atoms with Crippen molar-refractivity contribution in [2.75, 3.05) is 6.26 Å². The lowest BCUT2D eigenvalue weighted by atomic mass is 10.0. The van der Waals surface area contributed by atoms with Crippen molar-refractivity contribution < 1.29 is 0 Å². The summed E-state index contributed by atoms with van der Waals surface area (Å²) in [5.41, 5.74) is 6.98. The first-order chi connectivity index (χ1) is 9.81. The van der Waals surface area contributed by atoms with E-state index in [0.717, 1.165) is 8.68 Å². The highest BCUT2D eigenvalue weighted by molar-refractivity contribution is 8.03. The third-order valence-electron chi connectivity index (χ3n) is 2.95. The highest BCUT2D eigenvalue weighted by Crippen LogP contribution is 2.37. The molecule has 3 aromatic rings. The van der Waals surface area contributed by atoms with E-state index in [1.807, 2.05) is 12.3 Å². The van der Waals surface area contributed by atoms with E-state index >= 15 is 0 Å². The summed E-state index contributed by atoms with van der Waals surface area (Å²) in [4.78, 5) is 1.20. The molecule has 0 aliphatic heterocycles. The van der Waals surface area contributed by atoms with Crippen LogP contribution in [0.1, 0.15) is 5.56 Å². The van der Waals surface area contributed by atoms with Crippen molar-refractivity contribution in [3.05, 3.63) is 42.0 Å². The Labute approximate surface area is 130 Å². The molecular weight excluding hydrogens is 306 g/mol. The molecule has 20 heavy (non-hydrogen) atoms. The van der Waals surface area contributed by atoms with Crippen LogP contribution < -0.4 is 5.73 Å². The molecule has 6 heteroatoms. The topological polar surface area (TPSA) is 51.8 Å². The molecule has 0 amide bonds. The summed E-state index contributed by atoms with van der Waals surface area (Å²) in [5.74, 6) is 0. The van der Waals surface area contributed by atoms with Gasteiger partial charge < -0.3 is 5.73 Å². The first-order valence-corrected chi connectivity index (χ1v) is 8.93. The second-order valence-electron chi connectivity index (χ2n) is 4.11. The molecule has 0 saturated heterocycles. The number of rotatable bonds is 4. The Bertz CT molecular complexity index is 739. The van der Waals surface area contributed by atoms with E-state index in [0.29, 0.717) is 6.54 Å². The van der Waals surface area contributed by atoms with Gasteiger partial charge in [-0.05, 0) is 28.7 Å². The van der Waals surface area contributed by atoms with E-state index < -0.39 is 0 Å². The minimum absolute atomic E-state index is 0.556. The Morgan fingerprint density at radius 3 is 2.50 bits per heavy atom. The maximum Gasteiger partial charge on any atom is 0.179 e. The molecule has 0 radical (unpaired) electrons. The fourth-order valence-corrected chi connectivity index (χ4v) is 4.55. The third kappa shape index (κ3) is 2.69. The van der Waals surface area contributed by atoms with Gasteiger partial charge in [0.2, 0.25) is 0 Å². The zero-order valence-electron chi connectivity index (χ0n) is 10.9. The van der Waals surface area contributed by atoms with Gasteiger partial charge in [0.25, 0.3) is 0 Å². The number of benzene rings is 2. The SMILES string of the molecule is CSc1nnc(Sc2ccc(CN)c3ccccc23)s1. The Morgan fingerprint density at radius 2 is 1.80 bits per heavy atom. The molecule has 1 heterocycles. The van der Waals surface area contributed by atoms with E-state index in [2.05, 4.69) is 40.5 Å². The van der Waals surface area contributed by atoms with E-state index in [4.69, 9.17) is 5.73 Å². The summed E-state index contributed by atoms with van der Waals surface area (Å²) >= 11 is 4.91. The van der Waals surface area contributed by atoms with Crippen molar-refractivity contribution in [1.82, 2.24) is 10.2 Å². The molecule has 0 unspecified atom stereocenters. The van der Waals surface area contributed by atoms with Crippen LogP contribution in [-0.4, -0.2) is 16.5 Å². The van der Waals surface area contributed by atoms with Gasteiger partial charge in [0.15, 0.2) is 8.68 Å². The number of nitrogens with zero attached hydrogens (tertiary/aromatic N) is 2. The minimum atomic E-state index is 0.556. The van der Waals surface area contributed by atoms with Gasteiger partial charge in [0, 0.05) is 11.4 Å². The Morgan fingerprint density at radius 1 is 1.05 bits per heavy atom. The number of fused-ring (bicyclic) bond motifs is 1. The highest BCUT2D eigenvalue weighted by Gasteiger charge is 2.09. The normalized spacial score (nSPS) is 11.1. The number of hydrogen-bond acceptors (Lipinski definition) is 6. The minimum Gasteiger partial charge on any atom is -0.326 e. The van der Waals surface area contributed by atoms with Crippen molar-refractivity contribution in [3.63, 3.8) is 0 Å². The molecule has 1 aromatic heterocycles. The van der Waals surface area contributed by atoms with Gasteiger partial charge in [-0.25, -0.2) is 0 Å². The van der Waals surface area contributed by atoms with Crippen molar-refractivity contribution in [2.24, 2.45) is 5.73 Å². The van der Waals surface area contributed by atoms with E-state index in [-0.39, 0.29) is 0 Å². The summed E-state index contributed by atoms with van der Waals surface area (Å²) in [6.45, 7) is 0.556. The van der Waals surface area contributed by atoms with Crippen LogP contribution in [0.25, 0.3) is 10.8 Å². The monoisotopic (exact) mass is 319 g/mol. The molecule has 0 aliphatic rings. The fraction of sp³-hybridized carbons (Fsp3) is 0.143. The van der Waals surface area contributed by atoms with Crippen molar-refractivity contribution in [3.8, 4) is 0 Å². The number of aromatic nitrogens is 2. The molecule has 3 rings (SSSR count). The maximum atomic E-state index is 5.81. The molecule has 0 spiro atoms. The Balaban J connectivity index is 2.03. The Hall–Kier alpha value is -1.08. The zero-order valence-corrected chi connectivity index (χ0v) is 13.3. The van der Waals surface area contributed by atoms with Crippen LogP contribution in [0.2, 0.25) is 0 Å². The van der Waals surface area contributed by atoms with Gasteiger partial charge >= 0.3 is 0 Å². The second kappa shape index (κ2) is 6.13. The smallest absolute Gasteiger partial charge is 0.179 e. The van der Waals surface area contributed by atoms with E-state index in [1.54, 1.807) is 34.9 Å². The van der Waals surface area contributed by atoms with Crippen molar-refractivity contribution in [1.29, 1.82) is 0 Å². The van der Waals surface area contributed by atoms with Gasteiger partial charge in [-0.2, -0.15) is 0 Å². The van der Waals surface area contributed by atoms with Crippen LogP contribution in [0.3, 0.4) is 0 Å². The molecule has 0 bridgehead atoms. The first kappa shape index (κ1) is 13.9. The van der Waals surface area contributed by atoms with Gasteiger partial charge in [-0.1, -0.05) is 65.2 Å². The lowest BCUT2D eigenvalue weighted by Crippen LogP contribution is -1.97. The van der Waals surface area contributed by atoms with Crippen LogP contribution in [-0.2, 0) is 6.54 Å². The van der Waals surface area contributed by atoms with Gasteiger partial charge in [-0.3, -0.25) is 0 Å². The molecule has 102 valence electrons. The molecule has 3 nitrogen and oxygen atoms in total. The fourth-order valence-electron chi connectivity index (χ4n) is 2.02. The average molecular weight is 319 g/mol. The Kier molecular flexibility index (Phi) is 4.26. The van der Waals surface area contributed by atoms with Gasteiger partial charge in [0.05, 0.1) is 0 Å². The largest absolute Gasteiger partial charge is 0.326 e. The van der Waals surface area contributed by atoms with Crippen LogP contribution in [0, 0.1) is 0 Å². The molecule has 0 fully saturated rings. The standard InChI is InChI=1S/C14H13N3S3/c1-18-13-16-17-14(20-13)19-12-7-6-9(8-15)10-4-2-3-5-11(10)12/h2-7H,8,15H2,1H3. The summed E-state index contributed by atoms with van der Waals surface area (Å²) in [6, 6.07) is 12.6. The summed E-state index contributed by atoms with van der Waals surface area (Å²) < 4.78 is 1.97. The predicted octanol–water partition coefficient (Wildman–Crippen LogP) is 4.02. The predicted molar refractivity (Wildman–Crippen MR) is 87.7 cm³/mol. The molecule has 2 N–H and O–H groups in total. The quantitative estimate of drug-likeness (QED) is 0.736. The van der Waals surface area contributed by atoms with E-state index in [1.165, 1.54) is 21.2 Å². The van der Waals surface area contributed by atoms with Crippen LogP contribution in [0.15, 0.2) is 50.0 Å². The molecule has 0 aliphatic carbocycles. The van der Waals surface area contributed by atoms with Crippen molar-refractivity contribution >= 4 is 45.6 Å². The van der Waals surface area contributed by atoms with Crippen molar-refractivity contribution in [2.45, 2.75) is 20.1 Å². The lowest BCUT2D eigenvalue weighted by Gasteiger charge is -2.08. The molecule has 2 aromatic carbocycles. The first-order valence-electron chi connectivity index (χ1n) is 6.08. The van der Waals surface area contributed by atoms with E-state index in [9.17, 15) is 0 Å². The second-order valence-corrected chi connectivity index (χ2v) is 7.43. The summed E-state index contributed by atoms with van der Waals surface area (Å²) in [5, 5.41) is 10.8. The number of thioether (sulfide) groups is 1. The highest BCUT2D eigenvalue weighted by atomic mass is 32.2. The molecule has 0 atom stereocenters. The van der Waals surface area contributed by atoms with Crippen LogP contribution in [0.5, 0.6) is 0 Å². The molecular formula is C14H13N3S3. The van der Waals surface area contributed by atoms with Crippen LogP contribution >= 0.6 is 34.9 Å². The number of hydrogen-bond donors (Lipinski definition) is 1.